The Morgan fingerprint density at radius 1 is 1.17 bits per heavy atom. The molecule has 1 nitrogen and oxygen atoms in total. The van der Waals surface area contributed by atoms with Crippen LogP contribution in [0.2, 0.25) is 13.1 Å². The van der Waals surface area contributed by atoms with Crippen LogP contribution in [0.3, 0.4) is 0 Å². The molecule has 0 aliphatic rings. The first kappa shape index (κ1) is 10.1. The molecule has 0 saturated heterocycles. The molecule has 0 radical (unpaired) electrons. The molecule has 0 amide bonds. The fraction of sp³-hybridized carbons (Fsp3) is 1.00. The molecule has 0 heterocycles. The number of nitrogens with zero attached hydrogens (tertiary/aromatic N) is 1. The van der Waals surface area contributed by atoms with Gasteiger partial charge in [0, 0.05) is 0 Å². The maximum Gasteiger partial charge on any atom is 1.00 e. The van der Waals surface area contributed by atoms with Crippen LogP contribution < -0.4 is 18.9 Å². The van der Waals surface area contributed by atoms with Crippen molar-refractivity contribution in [3.8, 4) is 0 Å². The molecule has 6 heavy (non-hydrogen) atoms. The standard InChI is InChI=1S/C2H10NSi2.Li/c1-4-3-5-2;/h4-5H2,1-2H3;/q-1;+1. The minimum atomic E-state index is 0. The first-order valence-electron chi connectivity index (χ1n) is 2.05. The van der Waals surface area contributed by atoms with Gasteiger partial charge >= 0.3 is 18.9 Å². The van der Waals surface area contributed by atoms with Crippen LogP contribution in [0.15, 0.2) is 0 Å². The van der Waals surface area contributed by atoms with Crippen molar-refractivity contribution in [2.75, 3.05) is 0 Å². The van der Waals surface area contributed by atoms with Crippen molar-refractivity contribution in [1.82, 2.24) is 0 Å². The number of rotatable bonds is 2. The zero-order valence-electron chi connectivity index (χ0n) is 4.86. The maximum absolute atomic E-state index is 4.25. The van der Waals surface area contributed by atoms with E-state index in [0.29, 0.717) is 0 Å². The first-order valence-corrected chi connectivity index (χ1v) is 6.14. The predicted molar refractivity (Wildman–Crippen MR) is 32.2 cm³/mol. The summed E-state index contributed by atoms with van der Waals surface area (Å²) in [6.07, 6.45) is 0. The van der Waals surface area contributed by atoms with Gasteiger partial charge in [-0.3, -0.25) is 0 Å². The smallest absolute Gasteiger partial charge is 0.677 e. The van der Waals surface area contributed by atoms with Crippen LogP contribution in [0.4, 0.5) is 0 Å². The molecule has 0 aromatic rings. The van der Waals surface area contributed by atoms with Crippen molar-refractivity contribution < 1.29 is 18.9 Å². The Morgan fingerprint density at radius 3 is 1.50 bits per heavy atom. The van der Waals surface area contributed by atoms with E-state index >= 15 is 0 Å². The summed E-state index contributed by atoms with van der Waals surface area (Å²) in [5.41, 5.74) is 0. The summed E-state index contributed by atoms with van der Waals surface area (Å²) < 4.78 is 4.25. The zero-order chi connectivity index (χ0) is 4.12. The van der Waals surface area contributed by atoms with E-state index in [1.807, 2.05) is 0 Å². The van der Waals surface area contributed by atoms with Gasteiger partial charge in [0.25, 0.3) is 0 Å². The minimum absolute atomic E-state index is 0. The van der Waals surface area contributed by atoms with Gasteiger partial charge in [-0.05, 0) is 0 Å². The number of hydrogen-bond donors (Lipinski definition) is 0. The average molecular weight is 111 g/mol. The summed E-state index contributed by atoms with van der Waals surface area (Å²) in [4.78, 5) is 0. The molecule has 0 rings (SSSR count). The molecule has 0 aromatic carbocycles. The average Bonchev–Trinajstić information content (AvgIpc) is 1.41. The van der Waals surface area contributed by atoms with Crippen molar-refractivity contribution in [1.29, 1.82) is 0 Å². The van der Waals surface area contributed by atoms with E-state index in [0.717, 1.165) is 0 Å². The third kappa shape index (κ3) is 8.89. The van der Waals surface area contributed by atoms with E-state index in [2.05, 4.69) is 17.7 Å². The van der Waals surface area contributed by atoms with Crippen molar-refractivity contribution >= 4 is 19.4 Å². The second-order valence-corrected chi connectivity index (χ2v) is 3.91. The summed E-state index contributed by atoms with van der Waals surface area (Å²) in [5, 5.41) is 0. The van der Waals surface area contributed by atoms with Crippen LogP contribution in [0.25, 0.3) is 4.65 Å². The van der Waals surface area contributed by atoms with Crippen molar-refractivity contribution in [3.05, 3.63) is 4.65 Å². The second kappa shape index (κ2) is 9.37. The molecular formula is C2H10LiNSi2. The molecule has 0 spiro atoms. The van der Waals surface area contributed by atoms with Crippen LogP contribution >= 0.6 is 0 Å². The van der Waals surface area contributed by atoms with Crippen LogP contribution in [-0.2, 0) is 0 Å². The van der Waals surface area contributed by atoms with Gasteiger partial charge in [0.1, 0.15) is 0 Å². The molecule has 0 saturated carbocycles. The van der Waals surface area contributed by atoms with Crippen LogP contribution in [0.5, 0.6) is 0 Å². The Bertz CT molecular complexity index is 19.0. The van der Waals surface area contributed by atoms with Crippen molar-refractivity contribution in [3.63, 3.8) is 0 Å². The molecule has 0 aliphatic heterocycles. The molecule has 0 fully saturated rings. The van der Waals surface area contributed by atoms with Crippen molar-refractivity contribution in [2.45, 2.75) is 13.1 Å². The summed E-state index contributed by atoms with van der Waals surface area (Å²) in [7, 11) is 0.201. The van der Waals surface area contributed by atoms with E-state index in [4.69, 9.17) is 0 Å². The Labute approximate surface area is 56.3 Å². The van der Waals surface area contributed by atoms with E-state index < -0.39 is 0 Å². The molecule has 0 aliphatic carbocycles. The Morgan fingerprint density at radius 2 is 1.50 bits per heavy atom. The van der Waals surface area contributed by atoms with Gasteiger partial charge in [0.2, 0.25) is 0 Å². The number of hydrogen-bond acceptors (Lipinski definition) is 0. The van der Waals surface area contributed by atoms with E-state index in [1.165, 1.54) is 0 Å². The van der Waals surface area contributed by atoms with Crippen LogP contribution in [0, 0.1) is 0 Å². The molecular weight excluding hydrogens is 101 g/mol. The van der Waals surface area contributed by atoms with E-state index in [9.17, 15) is 0 Å². The molecule has 0 aromatic heterocycles. The van der Waals surface area contributed by atoms with Gasteiger partial charge < -0.3 is 4.65 Å². The summed E-state index contributed by atoms with van der Waals surface area (Å²) >= 11 is 0. The van der Waals surface area contributed by atoms with Gasteiger partial charge in [-0.25, -0.2) is 0 Å². The second-order valence-electron chi connectivity index (χ2n) is 0.856. The maximum atomic E-state index is 4.25. The van der Waals surface area contributed by atoms with E-state index in [-0.39, 0.29) is 38.2 Å². The van der Waals surface area contributed by atoms with Gasteiger partial charge in [0.15, 0.2) is 0 Å². The third-order valence-electron chi connectivity index (χ3n) is 0.447. The predicted octanol–water partition coefficient (Wildman–Crippen LogP) is -3.37. The topological polar surface area (TPSA) is 14.1 Å². The molecule has 32 valence electrons. The van der Waals surface area contributed by atoms with Crippen molar-refractivity contribution in [2.24, 2.45) is 0 Å². The molecule has 0 bridgehead atoms. The molecule has 0 unspecified atom stereocenters. The SMILES string of the molecule is C[SiH2][N-][SiH2]C.[Li+]. The van der Waals surface area contributed by atoms with Crippen LogP contribution in [0.1, 0.15) is 0 Å². The Kier molecular flexibility index (Phi) is 15.7. The normalized spacial score (nSPS) is 11.0. The van der Waals surface area contributed by atoms with Gasteiger partial charge in [-0.15, -0.1) is 0 Å². The van der Waals surface area contributed by atoms with Crippen LogP contribution in [-0.4, -0.2) is 19.4 Å². The summed E-state index contributed by atoms with van der Waals surface area (Å²) in [5.74, 6) is 0. The van der Waals surface area contributed by atoms with Gasteiger partial charge in [0.05, 0.1) is 0 Å². The summed E-state index contributed by atoms with van der Waals surface area (Å²) in [6, 6.07) is 0. The third-order valence-corrected chi connectivity index (χ3v) is 4.02. The Hall–Kier alpha value is 0.991. The summed E-state index contributed by atoms with van der Waals surface area (Å²) in [6.45, 7) is 4.44. The molecule has 0 atom stereocenters. The minimum Gasteiger partial charge on any atom is -0.677 e. The molecule has 4 heteroatoms. The van der Waals surface area contributed by atoms with E-state index in [1.54, 1.807) is 0 Å². The molecule has 0 N–H and O–H groups in total. The largest absolute Gasteiger partial charge is 1.00 e. The Balaban J connectivity index is 0. The monoisotopic (exact) mass is 111 g/mol. The fourth-order valence-corrected chi connectivity index (χ4v) is 2.01. The van der Waals surface area contributed by atoms with Gasteiger partial charge in [-0.2, -0.15) is 0 Å². The fourth-order valence-electron chi connectivity index (χ4n) is 0.224. The van der Waals surface area contributed by atoms with Gasteiger partial charge in [-0.1, -0.05) is 32.5 Å². The first-order chi connectivity index (χ1) is 2.41. The quantitative estimate of drug-likeness (QED) is 0.330. The zero-order valence-corrected chi connectivity index (χ0v) is 7.69.